The van der Waals surface area contributed by atoms with E-state index >= 15 is 0 Å². The van der Waals surface area contributed by atoms with Crippen LogP contribution in [0, 0.1) is 0 Å². The summed E-state index contributed by atoms with van der Waals surface area (Å²) in [7, 11) is 0. The van der Waals surface area contributed by atoms with Gasteiger partial charge in [0.15, 0.2) is 6.29 Å². The second kappa shape index (κ2) is 6.97. The zero-order valence-corrected chi connectivity index (χ0v) is 9.42. The molecule has 0 saturated carbocycles. The van der Waals surface area contributed by atoms with Gasteiger partial charge in [-0.15, -0.1) is 0 Å². The summed E-state index contributed by atoms with van der Waals surface area (Å²) in [6.07, 6.45) is 0.599. The Kier molecular flexibility index (Phi) is 5.27. The quantitative estimate of drug-likeness (QED) is 0.653. The predicted octanol–water partition coefficient (Wildman–Crippen LogP) is 0.0546. The van der Waals surface area contributed by atoms with Crippen molar-refractivity contribution in [2.24, 2.45) is 0 Å². The van der Waals surface area contributed by atoms with Crippen LogP contribution in [0.5, 0.6) is 0 Å². The number of H-pyrrole nitrogens is 2. The lowest BCUT2D eigenvalue weighted by Crippen LogP contribution is -2.05. The van der Waals surface area contributed by atoms with Gasteiger partial charge in [0.25, 0.3) is 0 Å². The molecule has 94 valence electrons. The second-order valence-corrected chi connectivity index (χ2v) is 3.29. The first-order chi connectivity index (χ1) is 8.65. The van der Waals surface area contributed by atoms with Crippen LogP contribution in [-0.2, 0) is 6.61 Å². The highest BCUT2D eigenvalue weighted by molar-refractivity contribution is 5.71. The second-order valence-electron chi connectivity index (χ2n) is 3.29. The van der Waals surface area contributed by atoms with Gasteiger partial charge in [-0.2, -0.15) is 0 Å². The molecule has 0 amide bonds. The fraction of sp³-hybridized carbons (Fsp3) is 0.0833. The van der Waals surface area contributed by atoms with E-state index in [9.17, 15) is 14.4 Å². The molecule has 3 N–H and O–H groups in total. The maximum atomic E-state index is 10.5. The molecule has 0 fully saturated rings. The summed E-state index contributed by atoms with van der Waals surface area (Å²) < 4.78 is 0. The molecular formula is C12H12N2O4. The Morgan fingerprint density at radius 3 is 2.00 bits per heavy atom. The standard InChI is InChI=1S/C6H7NO2.C6H5NO2/c2*8-4-5-2-1-3-6(9)7-5/h1-3,8H,4H2,(H,7,9);1-4H,(H,7,9). The smallest absolute Gasteiger partial charge is 0.248 e. The van der Waals surface area contributed by atoms with Crippen molar-refractivity contribution in [3.05, 3.63) is 68.5 Å². The van der Waals surface area contributed by atoms with Gasteiger partial charge in [0, 0.05) is 17.8 Å². The van der Waals surface area contributed by atoms with Gasteiger partial charge in [-0.25, -0.2) is 0 Å². The summed E-state index contributed by atoms with van der Waals surface area (Å²) in [4.78, 5) is 35.7. The SMILES string of the molecule is O=Cc1cccc(=O)[nH]1.O=c1cccc(CO)[nH]1. The van der Waals surface area contributed by atoms with Crippen molar-refractivity contribution >= 4 is 6.29 Å². The molecule has 0 spiro atoms. The number of aliphatic hydroxyl groups excluding tert-OH is 1. The van der Waals surface area contributed by atoms with Crippen molar-refractivity contribution in [3.8, 4) is 0 Å². The first-order valence-electron chi connectivity index (χ1n) is 5.09. The summed E-state index contributed by atoms with van der Waals surface area (Å²) >= 11 is 0. The Bertz CT molecular complexity index is 615. The Labute approximate surface area is 102 Å². The number of aldehydes is 1. The van der Waals surface area contributed by atoms with Crippen molar-refractivity contribution in [1.29, 1.82) is 0 Å². The number of aromatic amines is 2. The molecular weight excluding hydrogens is 236 g/mol. The molecule has 0 radical (unpaired) electrons. The van der Waals surface area contributed by atoms with Gasteiger partial charge in [-0.05, 0) is 12.1 Å². The van der Waals surface area contributed by atoms with Crippen LogP contribution in [0.15, 0.2) is 46.0 Å². The van der Waals surface area contributed by atoms with E-state index in [-0.39, 0.29) is 17.7 Å². The van der Waals surface area contributed by atoms with E-state index in [1.54, 1.807) is 12.1 Å². The zero-order chi connectivity index (χ0) is 13.4. The highest BCUT2D eigenvalue weighted by Gasteiger charge is 1.86. The van der Waals surface area contributed by atoms with E-state index in [0.29, 0.717) is 17.7 Å². The highest BCUT2D eigenvalue weighted by Crippen LogP contribution is 1.86. The molecule has 0 aromatic carbocycles. The number of pyridine rings is 2. The van der Waals surface area contributed by atoms with Crippen LogP contribution in [0.2, 0.25) is 0 Å². The minimum atomic E-state index is -0.250. The third-order valence-corrected chi connectivity index (χ3v) is 1.92. The lowest BCUT2D eigenvalue weighted by atomic mass is 10.4. The number of carbonyl (C=O) groups excluding carboxylic acids is 1. The van der Waals surface area contributed by atoms with Crippen molar-refractivity contribution in [1.82, 2.24) is 9.97 Å². The molecule has 2 aromatic heterocycles. The lowest BCUT2D eigenvalue weighted by Gasteiger charge is -1.90. The van der Waals surface area contributed by atoms with Gasteiger partial charge in [0.05, 0.1) is 12.3 Å². The van der Waals surface area contributed by atoms with Crippen LogP contribution in [-0.4, -0.2) is 21.4 Å². The van der Waals surface area contributed by atoms with Crippen molar-refractivity contribution < 1.29 is 9.90 Å². The summed E-state index contributed by atoms with van der Waals surface area (Å²) in [6.45, 7) is -0.115. The average molecular weight is 248 g/mol. The van der Waals surface area contributed by atoms with Gasteiger partial charge >= 0.3 is 0 Å². The Morgan fingerprint density at radius 1 is 1.00 bits per heavy atom. The molecule has 2 rings (SSSR count). The topological polar surface area (TPSA) is 103 Å². The van der Waals surface area contributed by atoms with Gasteiger partial charge < -0.3 is 15.1 Å². The average Bonchev–Trinajstić information content (AvgIpc) is 2.39. The van der Waals surface area contributed by atoms with Crippen LogP contribution < -0.4 is 11.1 Å². The number of aromatic nitrogens is 2. The number of hydrogen-bond donors (Lipinski definition) is 3. The van der Waals surface area contributed by atoms with Crippen LogP contribution in [0.3, 0.4) is 0 Å². The van der Waals surface area contributed by atoms with Gasteiger partial charge in [-0.1, -0.05) is 12.1 Å². The normalized spacial score (nSPS) is 9.17. The monoisotopic (exact) mass is 248 g/mol. The van der Waals surface area contributed by atoms with Crippen LogP contribution in [0.4, 0.5) is 0 Å². The van der Waals surface area contributed by atoms with E-state index in [1.807, 2.05) is 0 Å². The first-order valence-corrected chi connectivity index (χ1v) is 5.09. The summed E-state index contributed by atoms with van der Waals surface area (Å²) in [5.41, 5.74) is 0.422. The zero-order valence-electron chi connectivity index (χ0n) is 9.42. The van der Waals surface area contributed by atoms with Crippen LogP contribution in [0.1, 0.15) is 16.2 Å². The molecule has 0 saturated heterocycles. The number of nitrogens with one attached hydrogen (secondary N) is 2. The van der Waals surface area contributed by atoms with E-state index in [1.165, 1.54) is 24.3 Å². The molecule has 2 aromatic rings. The van der Waals surface area contributed by atoms with E-state index in [4.69, 9.17) is 5.11 Å². The molecule has 0 aliphatic heterocycles. The molecule has 6 nitrogen and oxygen atoms in total. The van der Waals surface area contributed by atoms with Gasteiger partial charge in [0.2, 0.25) is 11.1 Å². The van der Waals surface area contributed by atoms with Crippen LogP contribution >= 0.6 is 0 Å². The van der Waals surface area contributed by atoms with Crippen molar-refractivity contribution in [3.63, 3.8) is 0 Å². The molecule has 18 heavy (non-hydrogen) atoms. The Morgan fingerprint density at radius 2 is 1.61 bits per heavy atom. The van der Waals surface area contributed by atoms with E-state index in [0.717, 1.165) is 0 Å². The minimum Gasteiger partial charge on any atom is -0.390 e. The third kappa shape index (κ3) is 4.58. The van der Waals surface area contributed by atoms with E-state index in [2.05, 4.69) is 9.97 Å². The number of rotatable bonds is 2. The minimum absolute atomic E-state index is 0.115. The lowest BCUT2D eigenvalue weighted by molar-refractivity contribution is 0.111. The third-order valence-electron chi connectivity index (χ3n) is 1.92. The largest absolute Gasteiger partial charge is 0.390 e. The molecule has 2 heterocycles. The van der Waals surface area contributed by atoms with Gasteiger partial charge in [0.1, 0.15) is 0 Å². The highest BCUT2D eigenvalue weighted by atomic mass is 16.3. The summed E-state index contributed by atoms with van der Waals surface area (Å²) in [5.74, 6) is 0. The first kappa shape index (κ1) is 13.6. The number of hydrogen-bond acceptors (Lipinski definition) is 4. The summed E-state index contributed by atoms with van der Waals surface area (Å²) in [6, 6.07) is 9.08. The molecule has 6 heteroatoms. The molecule has 0 aliphatic rings. The number of aliphatic hydroxyl groups is 1. The molecule has 0 bridgehead atoms. The molecule has 0 unspecified atom stereocenters. The fourth-order valence-corrected chi connectivity index (χ4v) is 1.12. The Balaban J connectivity index is 0.000000180. The summed E-state index contributed by atoms with van der Waals surface area (Å²) in [5, 5.41) is 8.49. The van der Waals surface area contributed by atoms with E-state index < -0.39 is 0 Å². The predicted molar refractivity (Wildman–Crippen MR) is 65.4 cm³/mol. The van der Waals surface area contributed by atoms with Crippen molar-refractivity contribution in [2.45, 2.75) is 6.61 Å². The van der Waals surface area contributed by atoms with Gasteiger partial charge in [-0.3, -0.25) is 14.4 Å². The van der Waals surface area contributed by atoms with Crippen LogP contribution in [0.25, 0.3) is 0 Å². The van der Waals surface area contributed by atoms with Crippen molar-refractivity contribution in [2.75, 3.05) is 0 Å². The molecule has 0 atom stereocenters. The fourth-order valence-electron chi connectivity index (χ4n) is 1.12. The maximum Gasteiger partial charge on any atom is 0.248 e. The number of carbonyl (C=O) groups is 1. The molecule has 0 aliphatic carbocycles. The maximum absolute atomic E-state index is 10.5. The Hall–Kier alpha value is -2.47.